The molecule has 0 aliphatic rings. The molecular weight excluding hydrogens is 287 g/mol. The zero-order valence-electron chi connectivity index (χ0n) is 6.39. The number of hydrogen-bond donors (Lipinski definition) is 1. The van der Waals surface area contributed by atoms with Crippen molar-refractivity contribution in [1.82, 2.24) is 0 Å². The summed E-state index contributed by atoms with van der Waals surface area (Å²) in [6.07, 6.45) is 0. The second-order valence-electron chi connectivity index (χ2n) is 2.34. The van der Waals surface area contributed by atoms with Crippen molar-refractivity contribution in [2.75, 3.05) is 0 Å². The number of nitrogens with two attached hydrogens (primary N) is 1. The molecule has 0 aliphatic carbocycles. The summed E-state index contributed by atoms with van der Waals surface area (Å²) in [6.45, 7) is 0. The van der Waals surface area contributed by atoms with Crippen molar-refractivity contribution in [2.45, 2.75) is 4.90 Å². The molecule has 1 aromatic rings. The third-order valence-electron chi connectivity index (χ3n) is 1.36. The van der Waals surface area contributed by atoms with Crippen LogP contribution in [-0.2, 0) is 10.0 Å². The van der Waals surface area contributed by atoms with E-state index in [-0.39, 0.29) is 0 Å². The predicted octanol–water partition coefficient (Wildman–Crippen LogP) is 1.51. The van der Waals surface area contributed by atoms with Crippen LogP contribution in [0.2, 0.25) is 0 Å². The first-order valence-electron chi connectivity index (χ1n) is 3.11. The highest BCUT2D eigenvalue weighted by Crippen LogP contribution is 2.27. The van der Waals surface area contributed by atoms with Crippen molar-refractivity contribution in [3.63, 3.8) is 0 Å². The number of sulfonamides is 1. The summed E-state index contributed by atoms with van der Waals surface area (Å²) in [5, 5.41) is 4.59. The molecule has 1 rings (SSSR count). The van der Waals surface area contributed by atoms with E-state index in [0.717, 1.165) is 0 Å². The van der Waals surface area contributed by atoms with E-state index in [2.05, 4.69) is 21.1 Å². The molecule has 0 aliphatic heterocycles. The van der Waals surface area contributed by atoms with Crippen LogP contribution in [0.4, 0.5) is 13.2 Å². The molecular formula is C6H3BrF3NO2S. The molecule has 2 N–H and O–H groups in total. The minimum atomic E-state index is -4.43. The van der Waals surface area contributed by atoms with Crippen LogP contribution >= 0.6 is 15.9 Å². The van der Waals surface area contributed by atoms with Crippen LogP contribution in [0.5, 0.6) is 0 Å². The van der Waals surface area contributed by atoms with Gasteiger partial charge in [0.25, 0.3) is 0 Å². The first-order chi connectivity index (χ1) is 6.25. The molecule has 78 valence electrons. The second-order valence-corrected chi connectivity index (χ2v) is 4.69. The maximum absolute atomic E-state index is 12.9. The Labute approximate surface area is 85.9 Å². The molecule has 0 fully saturated rings. The zero-order valence-corrected chi connectivity index (χ0v) is 8.79. The predicted molar refractivity (Wildman–Crippen MR) is 45.4 cm³/mol. The van der Waals surface area contributed by atoms with Crippen molar-refractivity contribution < 1.29 is 21.6 Å². The number of rotatable bonds is 1. The Balaban J connectivity index is 3.70. The Morgan fingerprint density at radius 1 is 1.21 bits per heavy atom. The van der Waals surface area contributed by atoms with Crippen LogP contribution in [0, 0.1) is 17.5 Å². The van der Waals surface area contributed by atoms with Crippen molar-refractivity contribution in [3.8, 4) is 0 Å². The molecule has 0 amide bonds. The van der Waals surface area contributed by atoms with E-state index in [9.17, 15) is 21.6 Å². The molecule has 3 nitrogen and oxygen atoms in total. The van der Waals surface area contributed by atoms with Gasteiger partial charge in [-0.15, -0.1) is 0 Å². The highest BCUT2D eigenvalue weighted by Gasteiger charge is 2.24. The van der Waals surface area contributed by atoms with Gasteiger partial charge < -0.3 is 0 Å². The first-order valence-corrected chi connectivity index (χ1v) is 5.45. The third-order valence-corrected chi connectivity index (χ3v) is 3.21. The molecule has 0 heterocycles. The van der Waals surface area contributed by atoms with Crippen LogP contribution in [0.3, 0.4) is 0 Å². The summed E-state index contributed by atoms with van der Waals surface area (Å²) in [6, 6.07) is 0.484. The van der Waals surface area contributed by atoms with Gasteiger partial charge in [0.05, 0.1) is 0 Å². The Bertz CT molecular complexity index is 488. The van der Waals surface area contributed by atoms with Crippen LogP contribution in [0.1, 0.15) is 0 Å². The molecule has 0 radical (unpaired) electrons. The lowest BCUT2D eigenvalue weighted by Crippen LogP contribution is -2.16. The van der Waals surface area contributed by atoms with Gasteiger partial charge in [0, 0.05) is 4.47 Å². The maximum atomic E-state index is 12.9. The fourth-order valence-corrected chi connectivity index (χ4v) is 2.53. The first kappa shape index (κ1) is 11.5. The van der Waals surface area contributed by atoms with Gasteiger partial charge in [-0.3, -0.25) is 0 Å². The van der Waals surface area contributed by atoms with E-state index in [4.69, 9.17) is 0 Å². The highest BCUT2D eigenvalue weighted by atomic mass is 79.9. The number of hydrogen-bond acceptors (Lipinski definition) is 2. The van der Waals surface area contributed by atoms with E-state index in [1.165, 1.54) is 0 Å². The van der Waals surface area contributed by atoms with E-state index in [0.29, 0.717) is 6.07 Å². The Morgan fingerprint density at radius 2 is 1.71 bits per heavy atom. The largest absolute Gasteiger partial charge is 0.242 e. The standard InChI is InChI=1S/C6H3BrF3NO2S/c7-2-1-3(8)4(9)5(10)6(2)14(11,12)13/h1H,(H2,11,12,13). The van der Waals surface area contributed by atoms with Crippen molar-refractivity contribution in [1.29, 1.82) is 0 Å². The monoisotopic (exact) mass is 289 g/mol. The molecule has 1 aromatic carbocycles. The van der Waals surface area contributed by atoms with Gasteiger partial charge in [-0.25, -0.2) is 26.7 Å². The summed E-state index contributed by atoms with van der Waals surface area (Å²) in [4.78, 5) is -1.10. The van der Waals surface area contributed by atoms with E-state index in [1.807, 2.05) is 0 Å². The number of halogens is 4. The molecule has 14 heavy (non-hydrogen) atoms. The minimum Gasteiger partial charge on any atom is -0.224 e. The lowest BCUT2D eigenvalue weighted by Gasteiger charge is -2.04. The SMILES string of the molecule is NS(=O)(=O)c1c(Br)cc(F)c(F)c1F. The van der Waals surface area contributed by atoms with Gasteiger partial charge in [-0.1, -0.05) is 0 Å². The van der Waals surface area contributed by atoms with Crippen molar-refractivity contribution >= 4 is 26.0 Å². The Kier molecular flexibility index (Phi) is 2.88. The van der Waals surface area contributed by atoms with Crippen LogP contribution in [0.25, 0.3) is 0 Å². The average Bonchev–Trinajstić information content (AvgIpc) is 1.97. The zero-order chi connectivity index (χ0) is 11.1. The van der Waals surface area contributed by atoms with Gasteiger partial charge >= 0.3 is 0 Å². The van der Waals surface area contributed by atoms with Crippen LogP contribution in [-0.4, -0.2) is 8.42 Å². The molecule has 0 atom stereocenters. The van der Waals surface area contributed by atoms with E-state index in [1.54, 1.807) is 0 Å². The number of primary sulfonamides is 1. The smallest absolute Gasteiger partial charge is 0.224 e. The highest BCUT2D eigenvalue weighted by molar-refractivity contribution is 9.10. The molecule has 0 bridgehead atoms. The van der Waals surface area contributed by atoms with E-state index >= 15 is 0 Å². The van der Waals surface area contributed by atoms with Crippen LogP contribution < -0.4 is 5.14 Å². The minimum absolute atomic E-state index is 0.462. The topological polar surface area (TPSA) is 60.2 Å². The molecule has 0 aromatic heterocycles. The van der Waals surface area contributed by atoms with Gasteiger partial charge in [0.1, 0.15) is 4.90 Å². The molecule has 0 saturated carbocycles. The summed E-state index contributed by atoms with van der Waals surface area (Å²) < 4.78 is 59.1. The van der Waals surface area contributed by atoms with Gasteiger partial charge in [-0.2, -0.15) is 0 Å². The van der Waals surface area contributed by atoms with Gasteiger partial charge in [-0.05, 0) is 22.0 Å². The third kappa shape index (κ3) is 1.91. The van der Waals surface area contributed by atoms with Gasteiger partial charge in [0.2, 0.25) is 10.0 Å². The molecule has 0 unspecified atom stereocenters. The summed E-state index contributed by atoms with van der Waals surface area (Å²) in [5.41, 5.74) is 0. The molecule has 0 saturated heterocycles. The quantitative estimate of drug-likeness (QED) is 0.629. The van der Waals surface area contributed by atoms with Gasteiger partial charge in [0.15, 0.2) is 17.5 Å². The second kappa shape index (κ2) is 3.52. The summed E-state index contributed by atoms with van der Waals surface area (Å²) in [5.74, 6) is -5.21. The van der Waals surface area contributed by atoms with Crippen molar-refractivity contribution in [2.24, 2.45) is 5.14 Å². The van der Waals surface area contributed by atoms with E-state index < -0.39 is 36.8 Å². The lowest BCUT2D eigenvalue weighted by atomic mass is 10.3. The summed E-state index contributed by atoms with van der Waals surface area (Å²) >= 11 is 2.56. The molecule has 0 spiro atoms. The fraction of sp³-hybridized carbons (Fsp3) is 0. The fourth-order valence-electron chi connectivity index (χ4n) is 0.810. The normalized spacial score (nSPS) is 11.8. The summed E-state index contributed by atoms with van der Waals surface area (Å²) in [7, 11) is -4.43. The van der Waals surface area contributed by atoms with Crippen LogP contribution in [0.15, 0.2) is 15.4 Å². The molecule has 8 heteroatoms. The average molecular weight is 290 g/mol. The maximum Gasteiger partial charge on any atom is 0.242 e. The number of benzene rings is 1. The lowest BCUT2D eigenvalue weighted by molar-refractivity contribution is 0.430. The Morgan fingerprint density at radius 3 is 2.14 bits per heavy atom. The van der Waals surface area contributed by atoms with Crippen molar-refractivity contribution in [3.05, 3.63) is 28.0 Å². The Hall–Kier alpha value is -0.600.